The number of carbonyl (C=O) groups is 4. The average molecular weight is 559 g/mol. The zero-order valence-electron chi connectivity index (χ0n) is 24.1. The lowest BCUT2D eigenvalue weighted by Gasteiger charge is -2.28. The van der Waals surface area contributed by atoms with Gasteiger partial charge in [0.05, 0.1) is 5.69 Å². The van der Waals surface area contributed by atoms with E-state index in [0.717, 1.165) is 31.2 Å². The number of carbonyl (C=O) groups excluding carboxylic acids is 4. The van der Waals surface area contributed by atoms with Crippen molar-refractivity contribution in [3.8, 4) is 0 Å². The van der Waals surface area contributed by atoms with Crippen LogP contribution in [0.25, 0.3) is 10.8 Å². The summed E-state index contributed by atoms with van der Waals surface area (Å²) in [7, 11) is 0. The fraction of sp³-hybridized carbons (Fsp3) is 0.375. The minimum absolute atomic E-state index is 0.245. The number of anilines is 1. The number of amides is 4. The van der Waals surface area contributed by atoms with E-state index in [1.54, 1.807) is 51.1 Å². The first-order valence-corrected chi connectivity index (χ1v) is 14.1. The molecule has 0 aromatic heterocycles. The molecule has 0 radical (unpaired) electrons. The summed E-state index contributed by atoms with van der Waals surface area (Å²) in [6.45, 7) is 7.75. The van der Waals surface area contributed by atoms with Gasteiger partial charge in [-0.1, -0.05) is 68.7 Å². The highest BCUT2D eigenvalue weighted by Gasteiger charge is 2.33. The van der Waals surface area contributed by atoms with Crippen molar-refractivity contribution < 1.29 is 23.9 Å². The largest absolute Gasteiger partial charge is 0.444 e. The summed E-state index contributed by atoms with van der Waals surface area (Å²) in [6, 6.07) is 17.1. The molecule has 0 unspecified atom stereocenters. The maximum absolute atomic E-state index is 13.3. The zero-order chi connectivity index (χ0) is 29.6. The molecule has 3 aromatic carbocycles. The molecule has 1 heterocycles. The van der Waals surface area contributed by atoms with Gasteiger partial charge in [0.25, 0.3) is 17.7 Å². The minimum Gasteiger partial charge on any atom is -0.444 e. The number of hydrogen-bond donors (Lipinski definition) is 3. The SMILES string of the molecule is CCCCCCN1C(=O)c2cccc3c(NNC(=O)[C@H](Cc4ccccc4)NC(=O)OC(C)(C)C)ccc(c23)C1=O. The molecule has 3 aromatic rings. The van der Waals surface area contributed by atoms with Crippen LogP contribution >= 0.6 is 0 Å². The van der Waals surface area contributed by atoms with Crippen LogP contribution < -0.4 is 16.2 Å². The van der Waals surface area contributed by atoms with Crippen LogP contribution in [0.2, 0.25) is 0 Å². The number of nitrogens with one attached hydrogen (secondary N) is 3. The van der Waals surface area contributed by atoms with Gasteiger partial charge in [-0.05, 0) is 51.0 Å². The van der Waals surface area contributed by atoms with E-state index in [-0.39, 0.29) is 18.2 Å². The smallest absolute Gasteiger partial charge is 0.408 e. The molecule has 0 bridgehead atoms. The molecule has 0 saturated heterocycles. The summed E-state index contributed by atoms with van der Waals surface area (Å²) in [4.78, 5) is 53.7. The van der Waals surface area contributed by atoms with Gasteiger partial charge in [-0.2, -0.15) is 0 Å². The van der Waals surface area contributed by atoms with Gasteiger partial charge in [0, 0.05) is 34.9 Å². The van der Waals surface area contributed by atoms with Gasteiger partial charge in [-0.3, -0.25) is 30.1 Å². The lowest BCUT2D eigenvalue weighted by molar-refractivity contribution is -0.122. The lowest BCUT2D eigenvalue weighted by Crippen LogP contribution is -2.50. The summed E-state index contributed by atoms with van der Waals surface area (Å²) >= 11 is 0. The highest BCUT2D eigenvalue weighted by Crippen LogP contribution is 2.34. The van der Waals surface area contributed by atoms with Gasteiger partial charge in [-0.15, -0.1) is 0 Å². The van der Waals surface area contributed by atoms with E-state index in [9.17, 15) is 19.2 Å². The van der Waals surface area contributed by atoms with Crippen LogP contribution in [0.1, 0.15) is 79.7 Å². The van der Waals surface area contributed by atoms with E-state index >= 15 is 0 Å². The van der Waals surface area contributed by atoms with Crippen LogP contribution in [-0.2, 0) is 16.0 Å². The molecule has 41 heavy (non-hydrogen) atoms. The van der Waals surface area contributed by atoms with Gasteiger partial charge < -0.3 is 10.1 Å². The van der Waals surface area contributed by atoms with Crippen molar-refractivity contribution >= 4 is 40.3 Å². The Morgan fingerprint density at radius 2 is 1.59 bits per heavy atom. The number of nitrogens with zero attached hydrogens (tertiary/aromatic N) is 1. The van der Waals surface area contributed by atoms with Crippen molar-refractivity contribution in [2.45, 2.75) is 71.4 Å². The summed E-state index contributed by atoms with van der Waals surface area (Å²) < 4.78 is 5.37. The van der Waals surface area contributed by atoms with Crippen molar-refractivity contribution in [1.82, 2.24) is 15.6 Å². The molecule has 4 amide bonds. The standard InChI is InChI=1S/C32H38N4O5/c1-5-6-7-11-19-36-29(38)23-16-12-15-22-25(18-17-24(27(22)23)30(36)39)34-35-28(37)26(20-21-13-9-8-10-14-21)33-31(40)41-32(2,3)4/h8-10,12-18,26,34H,5-7,11,19-20H2,1-4H3,(H,33,40)(H,35,37)/t26-/m0/s1. The van der Waals surface area contributed by atoms with Crippen molar-refractivity contribution in [2.75, 3.05) is 12.0 Å². The van der Waals surface area contributed by atoms with Crippen LogP contribution in [0.15, 0.2) is 60.7 Å². The summed E-state index contributed by atoms with van der Waals surface area (Å²) in [5.74, 6) is -1.10. The quantitative estimate of drug-likeness (QED) is 0.160. The van der Waals surface area contributed by atoms with E-state index in [1.807, 2.05) is 30.3 Å². The Kier molecular flexibility index (Phi) is 9.27. The average Bonchev–Trinajstić information content (AvgIpc) is 2.93. The Morgan fingerprint density at radius 1 is 0.878 bits per heavy atom. The third-order valence-electron chi connectivity index (χ3n) is 6.84. The number of alkyl carbamates (subject to hydrolysis) is 1. The zero-order valence-corrected chi connectivity index (χ0v) is 24.1. The Morgan fingerprint density at radius 3 is 2.27 bits per heavy atom. The highest BCUT2D eigenvalue weighted by molar-refractivity contribution is 6.26. The number of imide groups is 1. The van der Waals surface area contributed by atoms with Gasteiger partial charge >= 0.3 is 6.09 Å². The van der Waals surface area contributed by atoms with Crippen LogP contribution in [-0.4, -0.2) is 46.9 Å². The molecule has 0 aliphatic carbocycles. The van der Waals surface area contributed by atoms with E-state index in [2.05, 4.69) is 23.1 Å². The van der Waals surface area contributed by atoms with Gasteiger partial charge in [-0.25, -0.2) is 4.79 Å². The van der Waals surface area contributed by atoms with Crippen molar-refractivity contribution in [1.29, 1.82) is 0 Å². The van der Waals surface area contributed by atoms with E-state index < -0.39 is 23.6 Å². The monoisotopic (exact) mass is 558 g/mol. The third-order valence-corrected chi connectivity index (χ3v) is 6.84. The molecule has 3 N–H and O–H groups in total. The van der Waals surface area contributed by atoms with Crippen molar-refractivity contribution in [3.05, 3.63) is 77.4 Å². The predicted octanol–water partition coefficient (Wildman–Crippen LogP) is 5.60. The van der Waals surface area contributed by atoms with E-state index in [0.29, 0.717) is 34.1 Å². The third kappa shape index (κ3) is 7.22. The molecular formula is C32H38N4O5. The first-order chi connectivity index (χ1) is 19.6. The Balaban J connectivity index is 1.53. The van der Waals surface area contributed by atoms with Gasteiger partial charge in [0.1, 0.15) is 11.6 Å². The van der Waals surface area contributed by atoms with Crippen molar-refractivity contribution in [2.24, 2.45) is 0 Å². The van der Waals surface area contributed by atoms with Crippen LogP contribution in [0.5, 0.6) is 0 Å². The number of hydrogen-bond acceptors (Lipinski definition) is 6. The second kappa shape index (κ2) is 12.8. The number of hydrazine groups is 1. The second-order valence-electron chi connectivity index (χ2n) is 11.2. The molecule has 1 aliphatic heterocycles. The number of rotatable bonds is 11. The molecule has 0 saturated carbocycles. The van der Waals surface area contributed by atoms with Crippen LogP contribution in [0, 0.1) is 0 Å². The summed E-state index contributed by atoms with van der Waals surface area (Å²) in [6.07, 6.45) is 3.40. The molecule has 1 aliphatic rings. The molecule has 9 nitrogen and oxygen atoms in total. The Hall–Kier alpha value is -4.40. The number of unbranched alkanes of at least 4 members (excludes halogenated alkanes) is 3. The number of ether oxygens (including phenoxy) is 1. The van der Waals surface area contributed by atoms with Crippen molar-refractivity contribution in [3.63, 3.8) is 0 Å². The van der Waals surface area contributed by atoms with Gasteiger partial charge in [0.15, 0.2) is 0 Å². The Labute approximate surface area is 240 Å². The molecule has 0 fully saturated rings. The fourth-order valence-electron chi connectivity index (χ4n) is 4.88. The van der Waals surface area contributed by atoms with E-state index in [1.165, 1.54) is 4.90 Å². The maximum Gasteiger partial charge on any atom is 0.408 e. The predicted molar refractivity (Wildman–Crippen MR) is 159 cm³/mol. The molecule has 1 atom stereocenters. The lowest BCUT2D eigenvalue weighted by atomic mass is 9.93. The molecule has 0 spiro atoms. The Bertz CT molecular complexity index is 1410. The van der Waals surface area contributed by atoms with Crippen LogP contribution in [0.4, 0.5) is 10.5 Å². The normalized spacial score (nSPS) is 13.6. The topological polar surface area (TPSA) is 117 Å². The first kappa shape index (κ1) is 29.6. The first-order valence-electron chi connectivity index (χ1n) is 14.1. The van der Waals surface area contributed by atoms with Gasteiger partial charge in [0.2, 0.25) is 0 Å². The minimum atomic E-state index is -0.927. The molecule has 4 rings (SSSR count). The molecule has 9 heteroatoms. The second-order valence-corrected chi connectivity index (χ2v) is 11.2. The fourth-order valence-corrected chi connectivity index (χ4v) is 4.88. The van der Waals surface area contributed by atoms with Crippen LogP contribution in [0.3, 0.4) is 0 Å². The number of benzene rings is 3. The maximum atomic E-state index is 13.3. The molecular weight excluding hydrogens is 520 g/mol. The highest BCUT2D eigenvalue weighted by atomic mass is 16.6. The summed E-state index contributed by atoms with van der Waals surface area (Å²) in [5, 5.41) is 3.85. The molecule has 216 valence electrons. The van der Waals surface area contributed by atoms with E-state index in [4.69, 9.17) is 4.74 Å². The summed E-state index contributed by atoms with van der Waals surface area (Å²) in [5.41, 5.74) is 7.19.